The molecular weight excluding hydrogens is 441 g/mol. The molecule has 1 aromatic carbocycles. The van der Waals surface area contributed by atoms with Crippen LogP contribution in [0.5, 0.6) is 5.88 Å². The van der Waals surface area contributed by atoms with E-state index in [2.05, 4.69) is 10.00 Å². The van der Waals surface area contributed by atoms with Crippen LogP contribution in [-0.2, 0) is 12.7 Å². The SMILES string of the molecule is O=C(Cn1nc(OCCCN2CCCCC2)cc1C(=O)[O-])c1ccc(F)c(C(F)(F)F)c1.[Li+]. The summed E-state index contributed by atoms with van der Waals surface area (Å²) in [6.07, 6.45) is -0.732. The Kier molecular flexibility index (Phi) is 9.52. The first-order valence-corrected chi connectivity index (χ1v) is 10.2. The topological polar surface area (TPSA) is 87.5 Å². The van der Waals surface area contributed by atoms with Crippen LogP contribution in [0.2, 0.25) is 0 Å². The minimum Gasteiger partial charge on any atom is -0.543 e. The fourth-order valence-corrected chi connectivity index (χ4v) is 3.54. The van der Waals surface area contributed by atoms with Gasteiger partial charge in [-0.15, -0.1) is 5.10 Å². The largest absolute Gasteiger partial charge is 1.00 e. The van der Waals surface area contributed by atoms with Crippen LogP contribution in [0.4, 0.5) is 17.6 Å². The molecule has 1 aromatic heterocycles. The van der Waals surface area contributed by atoms with Crippen molar-refractivity contribution in [2.45, 2.75) is 38.4 Å². The number of carboxylic acid groups (broad SMARTS) is 1. The minimum atomic E-state index is -4.97. The van der Waals surface area contributed by atoms with E-state index >= 15 is 0 Å². The maximum absolute atomic E-state index is 13.4. The summed E-state index contributed by atoms with van der Waals surface area (Å²) in [6, 6.07) is 2.91. The predicted octanol–water partition coefficient (Wildman–Crippen LogP) is -0.454. The Bertz CT molecular complexity index is 975. The number of hydrogen-bond donors (Lipinski definition) is 0. The Labute approximate surface area is 199 Å². The van der Waals surface area contributed by atoms with Crippen molar-refractivity contribution in [2.75, 3.05) is 26.2 Å². The van der Waals surface area contributed by atoms with Crippen molar-refractivity contribution in [3.63, 3.8) is 0 Å². The number of ketones is 1. The Morgan fingerprint density at radius 3 is 2.45 bits per heavy atom. The number of carbonyl (C=O) groups excluding carboxylic acids is 2. The molecule has 1 saturated heterocycles. The summed E-state index contributed by atoms with van der Waals surface area (Å²) in [5, 5.41) is 15.3. The number of rotatable bonds is 9. The van der Waals surface area contributed by atoms with Gasteiger partial charge in [-0.25, -0.2) is 4.39 Å². The molecule has 0 spiro atoms. The van der Waals surface area contributed by atoms with Gasteiger partial charge in [-0.05, 0) is 50.6 Å². The number of aromatic carboxylic acids is 1. The normalized spacial score (nSPS) is 14.5. The molecule has 1 aliphatic heterocycles. The van der Waals surface area contributed by atoms with Crippen molar-refractivity contribution in [3.8, 4) is 5.88 Å². The van der Waals surface area contributed by atoms with Crippen LogP contribution < -0.4 is 28.7 Å². The van der Waals surface area contributed by atoms with Gasteiger partial charge in [-0.2, -0.15) is 13.2 Å². The molecule has 1 fully saturated rings. The van der Waals surface area contributed by atoms with Crippen molar-refractivity contribution < 1.29 is 55.9 Å². The van der Waals surface area contributed by atoms with Crippen molar-refractivity contribution >= 4 is 11.8 Å². The molecule has 0 radical (unpaired) electrons. The summed E-state index contributed by atoms with van der Waals surface area (Å²) in [7, 11) is 0. The van der Waals surface area contributed by atoms with Crippen LogP contribution in [0, 0.1) is 5.82 Å². The molecule has 12 heteroatoms. The van der Waals surface area contributed by atoms with E-state index in [1.807, 2.05) is 0 Å². The molecule has 0 atom stereocenters. The standard InChI is InChI=1S/C21H23F4N3O4.Li/c22-16-6-5-14(11-15(16)21(23,24)25)18(29)13-28-17(20(30)31)12-19(26-28)32-10-4-9-27-7-2-1-3-8-27;/h5-6,11-12H,1-4,7-10,13H2,(H,30,31);/q;+1/p-1. The van der Waals surface area contributed by atoms with Gasteiger partial charge in [0.05, 0.1) is 23.8 Å². The fraction of sp³-hybridized carbons (Fsp3) is 0.476. The first kappa shape index (κ1) is 26.9. The van der Waals surface area contributed by atoms with E-state index in [1.165, 1.54) is 6.42 Å². The third-order valence-electron chi connectivity index (χ3n) is 5.17. The number of halogens is 4. The molecule has 174 valence electrons. The van der Waals surface area contributed by atoms with Crippen LogP contribution in [-0.4, -0.2) is 52.7 Å². The summed E-state index contributed by atoms with van der Waals surface area (Å²) >= 11 is 0. The van der Waals surface area contributed by atoms with Gasteiger partial charge in [0.25, 0.3) is 0 Å². The third-order valence-corrected chi connectivity index (χ3v) is 5.17. The predicted molar refractivity (Wildman–Crippen MR) is 103 cm³/mol. The Balaban J connectivity index is 0.00000385. The first-order chi connectivity index (χ1) is 15.1. The zero-order valence-corrected chi connectivity index (χ0v) is 18.2. The zero-order valence-electron chi connectivity index (χ0n) is 18.2. The van der Waals surface area contributed by atoms with Gasteiger partial charge in [0, 0.05) is 18.2 Å². The number of likely N-dealkylation sites (tertiary alicyclic amines) is 1. The van der Waals surface area contributed by atoms with E-state index in [-0.39, 0.29) is 31.3 Å². The molecule has 0 bridgehead atoms. The zero-order chi connectivity index (χ0) is 23.3. The van der Waals surface area contributed by atoms with Crippen molar-refractivity contribution in [1.29, 1.82) is 0 Å². The van der Waals surface area contributed by atoms with Crippen molar-refractivity contribution in [1.82, 2.24) is 14.7 Å². The van der Waals surface area contributed by atoms with Crippen LogP contribution in [0.3, 0.4) is 0 Å². The molecule has 0 aliphatic carbocycles. The van der Waals surface area contributed by atoms with Crippen LogP contribution in [0.25, 0.3) is 0 Å². The van der Waals surface area contributed by atoms with Crippen molar-refractivity contribution in [3.05, 3.63) is 46.9 Å². The number of benzene rings is 1. The molecule has 0 N–H and O–H groups in total. The maximum Gasteiger partial charge on any atom is 1.00 e. The quantitative estimate of drug-likeness (QED) is 0.217. The Morgan fingerprint density at radius 2 is 1.82 bits per heavy atom. The molecule has 33 heavy (non-hydrogen) atoms. The monoisotopic (exact) mass is 463 g/mol. The number of hydrogen-bond acceptors (Lipinski definition) is 6. The summed E-state index contributed by atoms with van der Waals surface area (Å²) in [6.45, 7) is 2.50. The van der Waals surface area contributed by atoms with Crippen LogP contribution in [0.1, 0.15) is 52.1 Å². The number of aromatic nitrogens is 2. The van der Waals surface area contributed by atoms with E-state index in [9.17, 15) is 32.3 Å². The molecule has 3 rings (SSSR count). The minimum absolute atomic E-state index is 0. The summed E-state index contributed by atoms with van der Waals surface area (Å²) < 4.78 is 58.4. The maximum atomic E-state index is 13.4. The first-order valence-electron chi connectivity index (χ1n) is 10.2. The Morgan fingerprint density at radius 1 is 1.12 bits per heavy atom. The van der Waals surface area contributed by atoms with Crippen LogP contribution >= 0.6 is 0 Å². The average molecular weight is 463 g/mol. The summed E-state index contributed by atoms with van der Waals surface area (Å²) in [5.41, 5.74) is -2.47. The fourth-order valence-electron chi connectivity index (χ4n) is 3.54. The second-order valence-electron chi connectivity index (χ2n) is 7.53. The number of piperidine rings is 1. The molecule has 0 saturated carbocycles. The number of Topliss-reactive ketones (excluding diaryl/α,β-unsaturated/α-hetero) is 1. The molecule has 7 nitrogen and oxygen atoms in total. The molecule has 2 aromatic rings. The smallest absolute Gasteiger partial charge is 0.543 e. The van der Waals surface area contributed by atoms with E-state index in [1.54, 1.807) is 0 Å². The van der Waals surface area contributed by atoms with Gasteiger partial charge in [-0.3, -0.25) is 9.48 Å². The van der Waals surface area contributed by atoms with Crippen LogP contribution in [0.15, 0.2) is 24.3 Å². The van der Waals surface area contributed by atoms with Crippen molar-refractivity contribution in [2.24, 2.45) is 0 Å². The van der Waals surface area contributed by atoms with Gasteiger partial charge >= 0.3 is 25.0 Å². The number of nitrogens with zero attached hydrogens (tertiary/aromatic N) is 3. The average Bonchev–Trinajstić information content (AvgIpc) is 3.14. The number of alkyl halides is 3. The third kappa shape index (κ3) is 7.32. The van der Waals surface area contributed by atoms with Gasteiger partial charge in [0.2, 0.25) is 5.88 Å². The number of ether oxygens (including phenoxy) is 1. The van der Waals surface area contributed by atoms with E-state index in [4.69, 9.17) is 4.74 Å². The molecule has 0 amide bonds. The second-order valence-corrected chi connectivity index (χ2v) is 7.53. The molecule has 2 heterocycles. The summed E-state index contributed by atoms with van der Waals surface area (Å²) in [5.74, 6) is -4.05. The molecule has 0 unspecified atom stereocenters. The number of carbonyl (C=O) groups is 2. The van der Waals surface area contributed by atoms with Gasteiger partial charge in [-0.1, -0.05) is 6.42 Å². The van der Waals surface area contributed by atoms with Gasteiger partial charge < -0.3 is 19.5 Å². The van der Waals surface area contributed by atoms with Gasteiger partial charge in [0.15, 0.2) is 5.78 Å². The van der Waals surface area contributed by atoms with Gasteiger partial charge in [0.1, 0.15) is 12.4 Å². The molecular formula is C21H22F4LiN3O4. The van der Waals surface area contributed by atoms with E-state index < -0.39 is 47.1 Å². The number of carboxylic acids is 1. The summed E-state index contributed by atoms with van der Waals surface area (Å²) in [4.78, 5) is 26.1. The van der Waals surface area contributed by atoms with E-state index in [0.717, 1.165) is 49.3 Å². The second kappa shape index (κ2) is 11.7. The van der Waals surface area contributed by atoms with E-state index in [0.29, 0.717) is 18.6 Å². The Hall–Kier alpha value is -2.35. The molecule has 1 aliphatic rings.